The molecule has 3 heterocycles. The van der Waals surface area contributed by atoms with Gasteiger partial charge < -0.3 is 4.74 Å². The van der Waals surface area contributed by atoms with Gasteiger partial charge in [-0.05, 0) is 29.8 Å². The van der Waals surface area contributed by atoms with Crippen molar-refractivity contribution in [2.45, 2.75) is 6.36 Å². The molecule has 29 heavy (non-hydrogen) atoms. The topological polar surface area (TPSA) is 90.1 Å². The van der Waals surface area contributed by atoms with Crippen LogP contribution in [0.5, 0.6) is 5.75 Å². The van der Waals surface area contributed by atoms with Crippen molar-refractivity contribution >= 4 is 23.1 Å². The molecule has 11 heteroatoms. The number of alkyl halides is 3. The predicted molar refractivity (Wildman–Crippen MR) is 98.8 cm³/mol. The number of rotatable bonds is 5. The predicted octanol–water partition coefficient (Wildman–Crippen LogP) is 3.56. The molecule has 0 aliphatic carbocycles. The lowest BCUT2D eigenvalue weighted by Gasteiger charge is -2.10. The normalized spacial score (nSPS) is 11.8. The van der Waals surface area contributed by atoms with Crippen molar-refractivity contribution in [1.82, 2.24) is 24.7 Å². The highest BCUT2D eigenvalue weighted by Crippen LogP contribution is 2.26. The van der Waals surface area contributed by atoms with E-state index < -0.39 is 6.36 Å². The third kappa shape index (κ3) is 4.29. The highest BCUT2D eigenvalue weighted by molar-refractivity contribution is 5.88. The summed E-state index contributed by atoms with van der Waals surface area (Å²) in [5, 5.41) is 8.87. The molecule has 0 radical (unpaired) electrons. The summed E-state index contributed by atoms with van der Waals surface area (Å²) in [5.41, 5.74) is 4.40. The molecule has 4 aromatic rings. The van der Waals surface area contributed by atoms with Gasteiger partial charge in [0.05, 0.1) is 23.5 Å². The van der Waals surface area contributed by atoms with Crippen molar-refractivity contribution in [3.63, 3.8) is 0 Å². The van der Waals surface area contributed by atoms with Crippen molar-refractivity contribution in [2.24, 2.45) is 5.10 Å². The van der Waals surface area contributed by atoms with Gasteiger partial charge in [0, 0.05) is 18.5 Å². The van der Waals surface area contributed by atoms with E-state index in [1.807, 2.05) is 0 Å². The Kier molecular flexibility index (Phi) is 4.77. The average Bonchev–Trinajstić information content (AvgIpc) is 3.13. The number of halogens is 3. The van der Waals surface area contributed by atoms with Gasteiger partial charge in [0.25, 0.3) is 0 Å². The Hall–Kier alpha value is -4.02. The molecule has 1 N–H and O–H groups in total. The van der Waals surface area contributed by atoms with E-state index in [9.17, 15) is 13.2 Å². The van der Waals surface area contributed by atoms with Gasteiger partial charge in [0.2, 0.25) is 0 Å². The van der Waals surface area contributed by atoms with E-state index in [0.717, 1.165) is 5.56 Å². The summed E-state index contributed by atoms with van der Waals surface area (Å²) in [6.07, 6.45) is 2.91. The van der Waals surface area contributed by atoms with Crippen LogP contribution in [0, 0.1) is 0 Å². The van der Waals surface area contributed by atoms with Gasteiger partial charge >= 0.3 is 6.36 Å². The molecule has 0 aliphatic rings. The summed E-state index contributed by atoms with van der Waals surface area (Å²) in [7, 11) is 0. The number of nitrogens with one attached hydrogen (secondary N) is 1. The lowest BCUT2D eigenvalue weighted by Crippen LogP contribution is -2.17. The molecule has 0 bridgehead atoms. The first-order chi connectivity index (χ1) is 14.0. The molecule has 1 aromatic carbocycles. The number of anilines is 1. The molecule has 8 nitrogen and oxygen atoms in total. The first-order valence-corrected chi connectivity index (χ1v) is 8.24. The Morgan fingerprint density at radius 1 is 1.10 bits per heavy atom. The smallest absolute Gasteiger partial charge is 0.406 e. The second-order valence-corrected chi connectivity index (χ2v) is 5.71. The summed E-state index contributed by atoms with van der Waals surface area (Å²) in [6, 6.07) is 9.02. The van der Waals surface area contributed by atoms with Gasteiger partial charge in [-0.2, -0.15) is 10.2 Å². The van der Waals surface area contributed by atoms with Crippen LogP contribution >= 0.6 is 0 Å². The van der Waals surface area contributed by atoms with E-state index in [2.05, 4.69) is 35.3 Å². The first-order valence-electron chi connectivity index (χ1n) is 8.24. The second-order valence-electron chi connectivity index (χ2n) is 5.71. The zero-order valence-electron chi connectivity index (χ0n) is 14.6. The fourth-order valence-corrected chi connectivity index (χ4v) is 2.55. The van der Waals surface area contributed by atoms with Crippen molar-refractivity contribution in [1.29, 1.82) is 0 Å². The van der Waals surface area contributed by atoms with Crippen molar-refractivity contribution in [2.75, 3.05) is 5.43 Å². The highest BCUT2D eigenvalue weighted by atomic mass is 19.4. The van der Waals surface area contributed by atoms with Crippen LogP contribution in [-0.2, 0) is 0 Å². The van der Waals surface area contributed by atoms with E-state index in [1.165, 1.54) is 35.4 Å². The average molecular weight is 399 g/mol. The number of benzene rings is 1. The van der Waals surface area contributed by atoms with Gasteiger partial charge in [-0.25, -0.2) is 14.6 Å². The van der Waals surface area contributed by atoms with Gasteiger partial charge in [0.1, 0.15) is 12.1 Å². The molecule has 146 valence electrons. The Morgan fingerprint density at radius 2 is 1.93 bits per heavy atom. The van der Waals surface area contributed by atoms with Crippen LogP contribution in [0.25, 0.3) is 16.7 Å². The number of pyridine rings is 1. The number of ether oxygens (including phenoxy) is 1. The molecule has 0 unspecified atom stereocenters. The minimum Gasteiger partial charge on any atom is -0.406 e. The van der Waals surface area contributed by atoms with E-state index in [1.54, 1.807) is 36.8 Å². The number of aromatic nitrogens is 5. The zero-order chi connectivity index (χ0) is 20.3. The summed E-state index contributed by atoms with van der Waals surface area (Å²) in [4.78, 5) is 12.2. The van der Waals surface area contributed by atoms with Crippen LogP contribution in [0.15, 0.2) is 66.4 Å². The molecule has 0 atom stereocenters. The van der Waals surface area contributed by atoms with Gasteiger partial charge in [-0.15, -0.1) is 13.2 Å². The lowest BCUT2D eigenvalue weighted by molar-refractivity contribution is -0.274. The molecule has 0 spiro atoms. The number of nitrogens with zero attached hydrogens (tertiary/aromatic N) is 6. The molecule has 0 fully saturated rings. The minimum absolute atomic E-state index is 0.353. The maximum Gasteiger partial charge on any atom is 0.573 e. The first kappa shape index (κ1) is 18.3. The fraction of sp³-hybridized carbons (Fsp3) is 0.0556. The van der Waals surface area contributed by atoms with Crippen molar-refractivity contribution < 1.29 is 17.9 Å². The second kappa shape index (κ2) is 7.54. The molecular formula is C18H12F3N7O. The van der Waals surface area contributed by atoms with Gasteiger partial charge in [0.15, 0.2) is 11.5 Å². The summed E-state index contributed by atoms with van der Waals surface area (Å²) in [5.74, 6) is 0.0438. The quantitative estimate of drug-likeness (QED) is 0.408. The third-order valence-corrected chi connectivity index (χ3v) is 3.75. The molecule has 0 saturated carbocycles. The van der Waals surface area contributed by atoms with E-state index in [4.69, 9.17) is 0 Å². The van der Waals surface area contributed by atoms with Crippen LogP contribution in [0.1, 0.15) is 5.56 Å². The monoisotopic (exact) mass is 399 g/mol. The number of fused-ring (bicyclic) bond motifs is 1. The maximum absolute atomic E-state index is 12.5. The number of hydrazone groups is 1. The molecule has 4 rings (SSSR count). The number of hydrogen-bond donors (Lipinski definition) is 1. The van der Waals surface area contributed by atoms with Crippen LogP contribution < -0.4 is 10.2 Å². The van der Waals surface area contributed by atoms with E-state index >= 15 is 0 Å². The van der Waals surface area contributed by atoms with Gasteiger partial charge in [-0.1, -0.05) is 6.07 Å². The number of hydrogen-bond acceptors (Lipinski definition) is 7. The zero-order valence-corrected chi connectivity index (χ0v) is 14.6. The molecule has 0 aliphatic heterocycles. The SMILES string of the molecule is FC(F)(F)Oc1cccc(-n2ncc3c(NN=Cc4ccncc4)ncnc32)c1. The lowest BCUT2D eigenvalue weighted by atomic mass is 10.3. The van der Waals surface area contributed by atoms with Crippen LogP contribution in [-0.4, -0.2) is 37.3 Å². The van der Waals surface area contributed by atoms with Gasteiger partial charge in [-0.3, -0.25) is 10.4 Å². The standard InChI is InChI=1S/C18H12F3N7O/c19-18(20,21)29-14-3-1-2-13(8-14)28-17-15(10-26-28)16(23-11-24-17)27-25-9-12-4-6-22-7-5-12/h1-11H,(H,23,24,27). The Bertz CT molecular complexity index is 1160. The Labute approximate surface area is 161 Å². The minimum atomic E-state index is -4.78. The molecular weight excluding hydrogens is 387 g/mol. The largest absolute Gasteiger partial charge is 0.573 e. The maximum atomic E-state index is 12.5. The Morgan fingerprint density at radius 3 is 2.72 bits per heavy atom. The highest BCUT2D eigenvalue weighted by Gasteiger charge is 2.31. The van der Waals surface area contributed by atoms with Crippen LogP contribution in [0.3, 0.4) is 0 Å². The molecule has 3 aromatic heterocycles. The van der Waals surface area contributed by atoms with Crippen molar-refractivity contribution in [3.05, 3.63) is 66.9 Å². The molecule has 0 amide bonds. The van der Waals surface area contributed by atoms with Crippen molar-refractivity contribution in [3.8, 4) is 11.4 Å². The fourth-order valence-electron chi connectivity index (χ4n) is 2.55. The summed E-state index contributed by atoms with van der Waals surface area (Å²) >= 11 is 0. The summed E-state index contributed by atoms with van der Waals surface area (Å²) < 4.78 is 42.8. The Balaban J connectivity index is 1.63. The van der Waals surface area contributed by atoms with E-state index in [0.29, 0.717) is 22.5 Å². The van der Waals surface area contributed by atoms with Crippen LogP contribution in [0.4, 0.5) is 19.0 Å². The van der Waals surface area contributed by atoms with E-state index in [-0.39, 0.29) is 5.75 Å². The summed E-state index contributed by atoms with van der Waals surface area (Å²) in [6.45, 7) is 0. The molecule has 0 saturated heterocycles. The third-order valence-electron chi connectivity index (χ3n) is 3.75. The van der Waals surface area contributed by atoms with Crippen LogP contribution in [0.2, 0.25) is 0 Å².